The molecule has 0 aromatic heterocycles. The van der Waals surface area contributed by atoms with Gasteiger partial charge in [-0.05, 0) is 29.1 Å². The van der Waals surface area contributed by atoms with Gasteiger partial charge in [-0.3, -0.25) is 0 Å². The molecule has 102 valence electrons. The highest BCUT2D eigenvalue weighted by Gasteiger charge is 2.32. The van der Waals surface area contributed by atoms with Crippen molar-refractivity contribution < 1.29 is 0 Å². The summed E-state index contributed by atoms with van der Waals surface area (Å²) in [6.07, 6.45) is 5.95. The molecule has 0 bridgehead atoms. The molecule has 0 unspecified atom stereocenters. The van der Waals surface area contributed by atoms with Crippen molar-refractivity contribution in [1.82, 2.24) is 0 Å². The monoisotopic (exact) mass is 298 g/mol. The van der Waals surface area contributed by atoms with Crippen LogP contribution in [0.4, 0.5) is 0 Å². The van der Waals surface area contributed by atoms with E-state index in [9.17, 15) is 0 Å². The van der Waals surface area contributed by atoms with Gasteiger partial charge < -0.3 is 0 Å². The van der Waals surface area contributed by atoms with Crippen molar-refractivity contribution in [3.63, 3.8) is 0 Å². The molecule has 0 N–H and O–H groups in total. The lowest BCUT2D eigenvalue weighted by Gasteiger charge is -2.34. The Morgan fingerprint density at radius 2 is 1.40 bits per heavy atom. The van der Waals surface area contributed by atoms with Crippen LogP contribution in [0.3, 0.4) is 0 Å². The maximum absolute atomic E-state index is 2.38. The smallest absolute Gasteiger partial charge is 0.105 e. The summed E-state index contributed by atoms with van der Waals surface area (Å²) in [5.74, 6) is 2.47. The van der Waals surface area contributed by atoms with Crippen molar-refractivity contribution in [3.8, 4) is 0 Å². The molecule has 0 saturated carbocycles. The SMILES string of the molecule is C(=C\C1(c2ccccc2)SCCCS1)/c1ccccc1. The summed E-state index contributed by atoms with van der Waals surface area (Å²) in [4.78, 5) is 0. The predicted octanol–water partition coefficient (Wildman–Crippen LogP) is 5.42. The van der Waals surface area contributed by atoms with Crippen molar-refractivity contribution in [3.05, 3.63) is 77.9 Å². The van der Waals surface area contributed by atoms with Gasteiger partial charge in [0.15, 0.2) is 0 Å². The van der Waals surface area contributed by atoms with E-state index in [1.165, 1.54) is 29.1 Å². The second-order valence-electron chi connectivity index (χ2n) is 4.83. The van der Waals surface area contributed by atoms with E-state index in [4.69, 9.17) is 0 Å². The number of benzene rings is 2. The van der Waals surface area contributed by atoms with E-state index in [0.29, 0.717) is 0 Å². The van der Waals surface area contributed by atoms with Crippen molar-refractivity contribution in [2.75, 3.05) is 11.5 Å². The minimum atomic E-state index is 0.0787. The van der Waals surface area contributed by atoms with Gasteiger partial charge in [-0.25, -0.2) is 0 Å². The van der Waals surface area contributed by atoms with E-state index in [1.807, 2.05) is 0 Å². The lowest BCUT2D eigenvalue weighted by molar-refractivity contribution is 1.04. The standard InChI is InChI=1S/C18H18S2/c1-3-8-16(9-4-1)12-13-18(19-14-7-15-20-18)17-10-5-2-6-11-17/h1-6,8-13H,7,14-15H2/b13-12+. The van der Waals surface area contributed by atoms with Gasteiger partial charge in [0.2, 0.25) is 0 Å². The Bertz CT molecular complexity index is 554. The van der Waals surface area contributed by atoms with Gasteiger partial charge in [-0.1, -0.05) is 72.8 Å². The molecule has 1 fully saturated rings. The van der Waals surface area contributed by atoms with E-state index in [2.05, 4.69) is 96.3 Å². The average molecular weight is 298 g/mol. The number of hydrogen-bond donors (Lipinski definition) is 0. The first kappa shape index (κ1) is 13.8. The fraction of sp³-hybridized carbons (Fsp3) is 0.222. The second-order valence-corrected chi connectivity index (χ2v) is 7.77. The first-order valence-electron chi connectivity index (χ1n) is 6.97. The van der Waals surface area contributed by atoms with E-state index < -0.39 is 0 Å². The van der Waals surface area contributed by atoms with Crippen LogP contribution in [-0.4, -0.2) is 11.5 Å². The van der Waals surface area contributed by atoms with Crippen LogP contribution in [0, 0.1) is 0 Å². The maximum atomic E-state index is 2.38. The van der Waals surface area contributed by atoms with Crippen LogP contribution in [0.25, 0.3) is 6.08 Å². The molecule has 1 aliphatic rings. The normalized spacial score (nSPS) is 18.2. The Morgan fingerprint density at radius 3 is 2.05 bits per heavy atom. The zero-order valence-electron chi connectivity index (χ0n) is 11.4. The first-order valence-corrected chi connectivity index (χ1v) is 8.94. The minimum Gasteiger partial charge on any atom is -0.135 e. The molecular formula is C18H18S2. The Balaban J connectivity index is 1.92. The fourth-order valence-electron chi connectivity index (χ4n) is 2.35. The van der Waals surface area contributed by atoms with Crippen LogP contribution in [-0.2, 0) is 4.08 Å². The van der Waals surface area contributed by atoms with Gasteiger partial charge >= 0.3 is 0 Å². The van der Waals surface area contributed by atoms with Crippen LogP contribution in [0.5, 0.6) is 0 Å². The first-order chi connectivity index (χ1) is 9.89. The molecule has 2 aromatic carbocycles. The van der Waals surface area contributed by atoms with Gasteiger partial charge in [0.05, 0.1) is 0 Å². The van der Waals surface area contributed by atoms with Gasteiger partial charge in [0.1, 0.15) is 4.08 Å². The summed E-state index contributed by atoms with van der Waals surface area (Å²) in [5.41, 5.74) is 2.68. The summed E-state index contributed by atoms with van der Waals surface area (Å²) < 4.78 is 0.0787. The highest BCUT2D eigenvalue weighted by molar-refractivity contribution is 8.18. The summed E-state index contributed by atoms with van der Waals surface area (Å²) in [6.45, 7) is 0. The Kier molecular flexibility index (Phi) is 4.54. The molecule has 1 saturated heterocycles. The van der Waals surface area contributed by atoms with Crippen molar-refractivity contribution in [1.29, 1.82) is 0 Å². The molecule has 0 aliphatic carbocycles. The predicted molar refractivity (Wildman–Crippen MR) is 93.1 cm³/mol. The summed E-state index contributed by atoms with van der Waals surface area (Å²) in [5, 5.41) is 0. The molecular weight excluding hydrogens is 280 g/mol. The second kappa shape index (κ2) is 6.55. The third-order valence-electron chi connectivity index (χ3n) is 3.39. The molecule has 20 heavy (non-hydrogen) atoms. The molecule has 0 nitrogen and oxygen atoms in total. The third-order valence-corrected chi connectivity index (χ3v) is 6.69. The average Bonchev–Trinajstić information content (AvgIpc) is 2.56. The third kappa shape index (κ3) is 3.13. The quantitative estimate of drug-likeness (QED) is 0.741. The summed E-state index contributed by atoms with van der Waals surface area (Å²) in [7, 11) is 0. The lowest BCUT2D eigenvalue weighted by Crippen LogP contribution is -2.20. The molecule has 0 radical (unpaired) electrons. The molecule has 0 atom stereocenters. The van der Waals surface area contributed by atoms with Crippen LogP contribution >= 0.6 is 23.5 Å². The Hall–Kier alpha value is -1.12. The molecule has 3 rings (SSSR count). The summed E-state index contributed by atoms with van der Waals surface area (Å²) in [6, 6.07) is 21.4. The van der Waals surface area contributed by atoms with Crippen LogP contribution in [0.1, 0.15) is 17.5 Å². The van der Waals surface area contributed by atoms with Gasteiger partial charge in [-0.2, -0.15) is 0 Å². The Morgan fingerprint density at radius 1 is 0.800 bits per heavy atom. The van der Waals surface area contributed by atoms with E-state index in [1.54, 1.807) is 0 Å². The highest BCUT2D eigenvalue weighted by Crippen LogP contribution is 2.51. The highest BCUT2D eigenvalue weighted by atomic mass is 32.2. The largest absolute Gasteiger partial charge is 0.135 e. The summed E-state index contributed by atoms with van der Waals surface area (Å²) >= 11 is 4.12. The van der Waals surface area contributed by atoms with Crippen molar-refractivity contribution >= 4 is 29.6 Å². The Labute approximate surface area is 129 Å². The van der Waals surface area contributed by atoms with E-state index in [0.717, 1.165) is 0 Å². The number of thioether (sulfide) groups is 2. The molecule has 2 heteroatoms. The van der Waals surface area contributed by atoms with Crippen LogP contribution in [0.2, 0.25) is 0 Å². The van der Waals surface area contributed by atoms with Crippen LogP contribution < -0.4 is 0 Å². The van der Waals surface area contributed by atoms with Crippen molar-refractivity contribution in [2.45, 2.75) is 10.5 Å². The van der Waals surface area contributed by atoms with Gasteiger partial charge in [0.25, 0.3) is 0 Å². The maximum Gasteiger partial charge on any atom is 0.105 e. The molecule has 0 amide bonds. The zero-order chi connectivity index (χ0) is 13.7. The fourth-order valence-corrected chi connectivity index (χ4v) is 5.48. The van der Waals surface area contributed by atoms with Crippen molar-refractivity contribution in [2.24, 2.45) is 0 Å². The molecule has 1 heterocycles. The lowest BCUT2D eigenvalue weighted by atomic mass is 10.1. The van der Waals surface area contributed by atoms with Gasteiger partial charge in [0, 0.05) is 0 Å². The number of hydrogen-bond acceptors (Lipinski definition) is 2. The van der Waals surface area contributed by atoms with Crippen LogP contribution in [0.15, 0.2) is 66.7 Å². The van der Waals surface area contributed by atoms with E-state index in [-0.39, 0.29) is 4.08 Å². The molecule has 2 aromatic rings. The van der Waals surface area contributed by atoms with E-state index >= 15 is 0 Å². The molecule has 1 aliphatic heterocycles. The zero-order valence-corrected chi connectivity index (χ0v) is 13.0. The number of rotatable bonds is 3. The topological polar surface area (TPSA) is 0 Å². The molecule has 0 spiro atoms. The minimum absolute atomic E-state index is 0.0787. The van der Waals surface area contributed by atoms with Gasteiger partial charge in [-0.15, -0.1) is 23.5 Å².